The largest absolute Gasteiger partial charge is 0.507 e. The Morgan fingerprint density at radius 3 is 1.42 bits per heavy atom. The first-order valence-electron chi connectivity index (χ1n) is 27.5. The number of pyridine rings is 1. The zero-order valence-corrected chi connectivity index (χ0v) is 45.7. The van der Waals surface area contributed by atoms with Crippen LogP contribution in [-0.4, -0.2) is 10.1 Å². The van der Waals surface area contributed by atoms with E-state index >= 15 is 13.2 Å². The van der Waals surface area contributed by atoms with Gasteiger partial charge in [0.1, 0.15) is 5.75 Å². The van der Waals surface area contributed by atoms with E-state index in [2.05, 4.69) is 152 Å². The number of rotatable bonds is 8. The number of benzene rings is 4. The highest BCUT2D eigenvalue weighted by Crippen LogP contribution is 2.59. The highest BCUT2D eigenvalue weighted by atomic mass is 19.4. The molecule has 5 aromatic rings. The lowest BCUT2D eigenvalue weighted by atomic mass is 9.54. The molecule has 0 saturated heterocycles. The van der Waals surface area contributed by atoms with E-state index in [4.69, 9.17) is 4.98 Å². The molecule has 4 saturated carbocycles. The predicted octanol–water partition coefficient (Wildman–Crippen LogP) is 19.5. The number of halogens is 3. The first-order chi connectivity index (χ1) is 33.1. The summed E-state index contributed by atoms with van der Waals surface area (Å²) in [5, 5.41) is 13.0. The van der Waals surface area contributed by atoms with Crippen LogP contribution in [0, 0.1) is 35.5 Å². The van der Waals surface area contributed by atoms with Crippen molar-refractivity contribution in [2.45, 2.75) is 201 Å². The van der Waals surface area contributed by atoms with Crippen molar-refractivity contribution in [3.8, 4) is 50.5 Å². The maximum absolute atomic E-state index is 15.7. The van der Waals surface area contributed by atoms with E-state index in [1.165, 1.54) is 55.4 Å². The molecule has 4 aliphatic rings. The van der Waals surface area contributed by atoms with E-state index in [1.54, 1.807) is 0 Å². The molecule has 4 aromatic carbocycles. The molecular weight excluding hydrogens is 880 g/mol. The Morgan fingerprint density at radius 2 is 0.944 bits per heavy atom. The molecule has 0 aliphatic heterocycles. The van der Waals surface area contributed by atoms with E-state index in [0.717, 1.165) is 65.5 Å². The van der Waals surface area contributed by atoms with Gasteiger partial charge in [-0.05, 0) is 208 Å². The fourth-order valence-corrected chi connectivity index (χ4v) is 15.0. The molecule has 1 aromatic heterocycles. The molecule has 1 heterocycles. The second-order valence-electron chi connectivity index (χ2n) is 27.1. The molecule has 0 amide bonds. The van der Waals surface area contributed by atoms with Crippen molar-refractivity contribution >= 4 is 0 Å². The monoisotopic (exact) mass is 964 g/mol. The Balaban J connectivity index is 1.29. The third kappa shape index (κ3) is 10.2. The molecule has 380 valence electrons. The van der Waals surface area contributed by atoms with Crippen LogP contribution in [-0.2, 0) is 27.8 Å². The SMILES string of the molecule is CC1CC2CC(C)CC(c3cc(-c4ccc(C(C)C)cc4-c4cc(C(F)(F)F)cc(-c5cc(C(C)C)ccc5-c5cc(C(C)(C)C)cc(C67CC(C)CC(CC(C)C6)C7)c5O)n4)cc(C(C)(C)C)c3)(C1)C2. The third-order valence-corrected chi connectivity index (χ3v) is 17.9. The van der Waals surface area contributed by atoms with E-state index in [9.17, 15) is 5.11 Å². The van der Waals surface area contributed by atoms with Gasteiger partial charge in [0.2, 0.25) is 0 Å². The number of aromatic hydroxyl groups is 1. The van der Waals surface area contributed by atoms with Gasteiger partial charge < -0.3 is 5.11 Å². The van der Waals surface area contributed by atoms with Gasteiger partial charge in [0.05, 0.1) is 17.0 Å². The van der Waals surface area contributed by atoms with Crippen LogP contribution in [0.4, 0.5) is 13.2 Å². The normalized spacial score (nSPS) is 27.1. The van der Waals surface area contributed by atoms with Gasteiger partial charge in [-0.1, -0.05) is 145 Å². The van der Waals surface area contributed by atoms with Crippen molar-refractivity contribution in [3.05, 3.63) is 118 Å². The molecule has 4 aliphatic carbocycles. The molecule has 71 heavy (non-hydrogen) atoms. The predicted molar refractivity (Wildman–Crippen MR) is 291 cm³/mol. The Morgan fingerprint density at radius 1 is 0.493 bits per heavy atom. The molecule has 4 bridgehead atoms. The average molecular weight is 964 g/mol. The van der Waals surface area contributed by atoms with Crippen LogP contribution in [0.5, 0.6) is 5.75 Å². The first kappa shape index (κ1) is 51.5. The summed E-state index contributed by atoms with van der Waals surface area (Å²) < 4.78 is 47.1. The van der Waals surface area contributed by atoms with Gasteiger partial charge >= 0.3 is 6.18 Å². The van der Waals surface area contributed by atoms with Gasteiger partial charge in [0.25, 0.3) is 0 Å². The lowest BCUT2D eigenvalue weighted by Crippen LogP contribution is -2.42. The standard InChI is InChI=1S/C66H84F3NO/c1-38(2)46-15-17-53(48-23-49(62(9,10)11)27-51(24-48)64-32-40(5)19-44(36-64)20-41(6)33-64)55(25-46)59-30-52(66(67,68)69)31-60(70-59)56-26-47(39(3)4)16-18-54(56)57-28-50(63(12,13)14)29-58(61(57)71)65-34-42(7)21-45(37-65)22-43(8)35-65/h15-18,23-31,38-45,71H,19-22,32-37H2,1-14H3. The van der Waals surface area contributed by atoms with Crippen LogP contribution in [0.15, 0.2) is 78.9 Å². The minimum Gasteiger partial charge on any atom is -0.507 e. The van der Waals surface area contributed by atoms with Gasteiger partial charge in [-0.25, -0.2) is 4.98 Å². The molecule has 9 rings (SSSR count). The zero-order valence-electron chi connectivity index (χ0n) is 45.7. The fourth-order valence-electron chi connectivity index (χ4n) is 15.0. The third-order valence-electron chi connectivity index (χ3n) is 17.9. The highest BCUT2D eigenvalue weighted by Gasteiger charge is 2.48. The van der Waals surface area contributed by atoms with Gasteiger partial charge in [0, 0.05) is 22.3 Å². The average Bonchev–Trinajstić information content (AvgIpc) is 3.26. The topological polar surface area (TPSA) is 33.1 Å². The van der Waals surface area contributed by atoms with Crippen LogP contribution in [0.2, 0.25) is 0 Å². The zero-order chi connectivity index (χ0) is 51.3. The van der Waals surface area contributed by atoms with Crippen molar-refractivity contribution in [2.75, 3.05) is 0 Å². The lowest BCUT2D eigenvalue weighted by Gasteiger charge is -2.51. The molecule has 4 fully saturated rings. The Hall–Kier alpha value is -4.38. The number of phenols is 1. The molecule has 4 unspecified atom stereocenters. The van der Waals surface area contributed by atoms with Crippen molar-refractivity contribution < 1.29 is 18.3 Å². The number of alkyl halides is 3. The van der Waals surface area contributed by atoms with E-state index < -0.39 is 11.7 Å². The molecule has 1 N–H and O–H groups in total. The molecule has 4 atom stereocenters. The quantitative estimate of drug-likeness (QED) is 0.168. The number of fused-ring (bicyclic) bond motifs is 4. The van der Waals surface area contributed by atoms with Crippen LogP contribution in [0.3, 0.4) is 0 Å². The summed E-state index contributed by atoms with van der Waals surface area (Å²) in [6.45, 7) is 31.6. The molecule has 2 nitrogen and oxygen atoms in total. The van der Waals surface area contributed by atoms with E-state index in [1.807, 2.05) is 12.1 Å². The van der Waals surface area contributed by atoms with Crippen molar-refractivity contribution in [3.63, 3.8) is 0 Å². The maximum atomic E-state index is 15.7. The fraction of sp³-hybridized carbons (Fsp3) is 0.561. The van der Waals surface area contributed by atoms with Crippen LogP contribution >= 0.6 is 0 Å². The number of hydrogen-bond acceptors (Lipinski definition) is 2. The summed E-state index contributed by atoms with van der Waals surface area (Å²) in [6.07, 6.45) is 6.96. The lowest BCUT2D eigenvalue weighted by molar-refractivity contribution is -0.137. The molecular formula is C66H84F3NO. The Labute approximate surface area is 426 Å². The Kier molecular flexibility index (Phi) is 13.4. The minimum atomic E-state index is -4.64. The molecule has 5 heteroatoms. The van der Waals surface area contributed by atoms with Crippen molar-refractivity contribution in [2.24, 2.45) is 35.5 Å². The van der Waals surface area contributed by atoms with Crippen molar-refractivity contribution in [1.82, 2.24) is 4.98 Å². The number of hydrogen-bond donors (Lipinski definition) is 1. The Bertz CT molecular complexity index is 2760. The minimum absolute atomic E-state index is 0.0645. The van der Waals surface area contributed by atoms with Crippen molar-refractivity contribution in [1.29, 1.82) is 0 Å². The second kappa shape index (κ2) is 18.5. The molecule has 0 spiro atoms. The number of aromatic nitrogens is 1. The number of nitrogens with zero attached hydrogens (tertiary/aromatic N) is 1. The molecule has 0 radical (unpaired) electrons. The number of phenolic OH excluding ortho intramolecular Hbond substituents is 1. The van der Waals surface area contributed by atoms with Gasteiger partial charge in [-0.3, -0.25) is 0 Å². The summed E-state index contributed by atoms with van der Waals surface area (Å²) in [7, 11) is 0. The van der Waals surface area contributed by atoms with Gasteiger partial charge in [-0.15, -0.1) is 0 Å². The van der Waals surface area contributed by atoms with Crippen LogP contribution < -0.4 is 0 Å². The summed E-state index contributed by atoms with van der Waals surface area (Å²) in [6, 6.07) is 26.7. The highest BCUT2D eigenvalue weighted by molar-refractivity contribution is 5.89. The summed E-state index contributed by atoms with van der Waals surface area (Å²) in [5.41, 5.74) is 10.8. The summed E-state index contributed by atoms with van der Waals surface area (Å²) in [5.74, 6) is 4.18. The summed E-state index contributed by atoms with van der Waals surface area (Å²) >= 11 is 0. The second-order valence-corrected chi connectivity index (χ2v) is 27.1. The first-order valence-corrected chi connectivity index (χ1v) is 27.5. The van der Waals surface area contributed by atoms with E-state index in [-0.39, 0.29) is 44.9 Å². The van der Waals surface area contributed by atoms with Crippen LogP contribution in [0.1, 0.15) is 212 Å². The van der Waals surface area contributed by atoms with E-state index in [0.29, 0.717) is 63.5 Å². The van der Waals surface area contributed by atoms with Gasteiger partial charge in [0.15, 0.2) is 0 Å². The summed E-state index contributed by atoms with van der Waals surface area (Å²) in [4.78, 5) is 5.41. The smallest absolute Gasteiger partial charge is 0.416 e. The maximum Gasteiger partial charge on any atom is 0.416 e. The van der Waals surface area contributed by atoms with Crippen LogP contribution in [0.25, 0.3) is 44.8 Å². The van der Waals surface area contributed by atoms with Gasteiger partial charge in [-0.2, -0.15) is 13.2 Å².